The van der Waals surface area contributed by atoms with E-state index in [1.54, 1.807) is 68.2 Å². The molecule has 352 valence electrons. The number of rotatable bonds is 23. The predicted molar refractivity (Wildman–Crippen MR) is 266 cm³/mol. The van der Waals surface area contributed by atoms with Gasteiger partial charge in [0.15, 0.2) is 28.5 Å². The Hall–Kier alpha value is -2.39. The fraction of sp³-hybridized carbons (Fsp3) is 0.477. The van der Waals surface area contributed by atoms with E-state index in [-0.39, 0.29) is 43.5 Å². The van der Waals surface area contributed by atoms with Crippen molar-refractivity contribution in [3.05, 3.63) is 99.7 Å². The first-order valence-corrected chi connectivity index (χ1v) is 27.1. The van der Waals surface area contributed by atoms with Crippen LogP contribution in [0.5, 0.6) is 0 Å². The number of carboxylic acid groups (broad SMARTS) is 2. The van der Waals surface area contributed by atoms with Crippen LogP contribution in [0, 0.1) is 34.1 Å². The molecule has 2 aromatic carbocycles. The van der Waals surface area contributed by atoms with Crippen molar-refractivity contribution in [2.24, 2.45) is 5.92 Å². The quantitative estimate of drug-likeness (QED) is 0.0207. The van der Waals surface area contributed by atoms with Gasteiger partial charge in [0.25, 0.3) is 20.2 Å². The van der Waals surface area contributed by atoms with Crippen LogP contribution in [0.3, 0.4) is 0 Å². The molecule has 0 aromatic heterocycles. The van der Waals surface area contributed by atoms with Crippen LogP contribution in [0.25, 0.3) is 0 Å². The molecule has 2 heterocycles. The molecule has 4 rings (SSSR count). The summed E-state index contributed by atoms with van der Waals surface area (Å²) < 4.78 is 119. The number of anilines is 1. The molecule has 0 spiro atoms. The van der Waals surface area contributed by atoms with Gasteiger partial charge in [-0.2, -0.15) is 21.4 Å². The van der Waals surface area contributed by atoms with Crippen LogP contribution in [0.4, 0.5) is 24.5 Å². The smallest absolute Gasteiger partial charge is 0.307 e. The highest BCUT2D eigenvalue weighted by atomic mass is 127. The summed E-state index contributed by atoms with van der Waals surface area (Å²) in [7, 11) is -9.10. The number of fused-ring (bicyclic) bond motifs is 2. The zero-order chi connectivity index (χ0) is 47.9. The first kappa shape index (κ1) is 54.2. The van der Waals surface area contributed by atoms with Crippen molar-refractivity contribution in [2.75, 3.05) is 17.2 Å². The third-order valence-electron chi connectivity index (χ3n) is 11.9. The third kappa shape index (κ3) is 12.0. The van der Waals surface area contributed by atoms with Crippen LogP contribution < -0.4 is 4.90 Å². The average molecular weight is 1270 g/mol. The second-order valence-corrected chi connectivity index (χ2v) is 22.7. The Balaban J connectivity index is 1.86. The molecule has 20 heteroatoms. The van der Waals surface area contributed by atoms with Crippen LogP contribution >= 0.6 is 67.8 Å². The highest BCUT2D eigenvalue weighted by Gasteiger charge is 2.56. The topological polar surface area (TPSA) is 190 Å². The lowest BCUT2D eigenvalue weighted by atomic mass is 9.69. The van der Waals surface area contributed by atoms with E-state index in [0.29, 0.717) is 61.2 Å². The molecule has 2 aliphatic heterocycles. The van der Waals surface area contributed by atoms with E-state index in [2.05, 4.69) is 67.8 Å². The van der Waals surface area contributed by atoms with Crippen LogP contribution in [-0.2, 0) is 40.7 Å². The Kier molecular flexibility index (Phi) is 19.1. The fourth-order valence-electron chi connectivity index (χ4n) is 8.88. The van der Waals surface area contributed by atoms with Gasteiger partial charge in [0.1, 0.15) is 6.54 Å². The van der Waals surface area contributed by atoms with Crippen LogP contribution in [0.2, 0.25) is 0 Å². The Morgan fingerprint density at radius 2 is 1.48 bits per heavy atom. The average Bonchev–Trinajstić information content (AvgIpc) is 3.56. The summed E-state index contributed by atoms with van der Waals surface area (Å²) >= 11 is 6.53. The molecule has 0 bridgehead atoms. The van der Waals surface area contributed by atoms with Crippen molar-refractivity contribution >= 4 is 117 Å². The lowest BCUT2D eigenvalue weighted by molar-refractivity contribution is -0.437. The van der Waals surface area contributed by atoms with E-state index in [9.17, 15) is 49.4 Å². The summed E-state index contributed by atoms with van der Waals surface area (Å²) in [5, 5.41) is 18.5. The maximum atomic E-state index is 15.8. The SMILES string of the molecule is CCCCC(C(=O)O)C1(C)/C(=C/C=C/C=C/C=C/C2=[N+](CCCS(=O)(=O)O)c3cc(F)c(F)c(F)c3C2(C)CCCCCC(=O)O)N(C(CCC)S(=O)(=O)O)c2cc(I)c(I)c(I)c21. The maximum absolute atomic E-state index is 15.8. The summed E-state index contributed by atoms with van der Waals surface area (Å²) in [6.07, 6.45) is 14.5. The van der Waals surface area contributed by atoms with Gasteiger partial charge in [-0.25, -0.2) is 13.2 Å². The molecule has 4 atom stereocenters. The van der Waals surface area contributed by atoms with E-state index in [0.717, 1.165) is 23.2 Å². The van der Waals surface area contributed by atoms with Crippen molar-refractivity contribution in [2.45, 2.75) is 115 Å². The number of hydrogen-bond acceptors (Lipinski definition) is 7. The molecule has 64 heavy (non-hydrogen) atoms. The standard InChI is InChI=1S/C44H52F3I3N2O10S2/c1-5-7-18-27(42(55)56)44(4)33(52(34(17-6-2)64(60,61)62)31-26-29(48)40(49)41(50)37(31)44)20-13-10-8-9-12-19-32-43(3,22-15-11-14-21-35(53)54)36-30(25-28(45)38(46)39(36)47)51(32)23-16-24-63(57,58)59/h8-10,12-13,19-20,25-27,34H,5-7,11,14-18,21-24H2,1-4H3,(H3-,53,54,55,56,57,58,59,60,61,62)/p+1. The number of halogens is 6. The minimum Gasteiger partial charge on any atom is -0.481 e. The second-order valence-electron chi connectivity index (χ2n) is 16.3. The summed E-state index contributed by atoms with van der Waals surface area (Å²) in [6, 6.07) is 2.67. The van der Waals surface area contributed by atoms with Gasteiger partial charge in [-0.3, -0.25) is 18.7 Å². The van der Waals surface area contributed by atoms with E-state index in [1.165, 1.54) is 4.58 Å². The van der Waals surface area contributed by atoms with Crippen molar-refractivity contribution < 1.29 is 63.5 Å². The van der Waals surface area contributed by atoms with Gasteiger partial charge >= 0.3 is 11.9 Å². The van der Waals surface area contributed by atoms with Gasteiger partial charge in [0.05, 0.1) is 22.6 Å². The molecular weight excluding hydrogens is 1220 g/mol. The Morgan fingerprint density at radius 1 is 0.828 bits per heavy atom. The molecule has 0 saturated heterocycles. The van der Waals surface area contributed by atoms with Crippen molar-refractivity contribution in [3.63, 3.8) is 0 Å². The monoisotopic (exact) mass is 1270 g/mol. The summed E-state index contributed by atoms with van der Waals surface area (Å²) in [6.45, 7) is 7.08. The minimum atomic E-state index is -4.71. The zero-order valence-corrected chi connectivity index (χ0v) is 43.9. The number of benzene rings is 2. The summed E-state index contributed by atoms with van der Waals surface area (Å²) in [5.41, 5.74) is -0.779. The Morgan fingerprint density at radius 3 is 2.08 bits per heavy atom. The number of carbonyl (C=O) groups is 2. The van der Waals surface area contributed by atoms with Gasteiger partial charge in [0, 0.05) is 58.1 Å². The van der Waals surface area contributed by atoms with E-state index >= 15 is 4.39 Å². The third-order valence-corrected chi connectivity index (χ3v) is 18.9. The highest BCUT2D eigenvalue weighted by molar-refractivity contribution is 14.1. The lowest BCUT2D eigenvalue weighted by Gasteiger charge is -2.37. The first-order chi connectivity index (χ1) is 29.9. The number of carboxylic acids is 2. The lowest BCUT2D eigenvalue weighted by Crippen LogP contribution is -2.45. The van der Waals surface area contributed by atoms with E-state index < -0.39 is 77.5 Å². The van der Waals surface area contributed by atoms with Crippen molar-refractivity contribution in [3.8, 4) is 0 Å². The molecule has 0 fully saturated rings. The number of unbranched alkanes of at least 4 members (excludes halogenated alkanes) is 3. The highest BCUT2D eigenvalue weighted by Crippen LogP contribution is 2.57. The number of allylic oxidation sites excluding steroid dienone is 8. The summed E-state index contributed by atoms with van der Waals surface area (Å²) in [5.74, 6) is -8.18. The van der Waals surface area contributed by atoms with Crippen molar-refractivity contribution in [1.82, 2.24) is 0 Å². The number of nitrogens with zero attached hydrogens (tertiary/aromatic N) is 2. The molecule has 12 nitrogen and oxygen atoms in total. The molecule has 0 radical (unpaired) electrons. The van der Waals surface area contributed by atoms with Gasteiger partial charge in [-0.15, -0.1) is 0 Å². The second kappa shape index (κ2) is 22.6. The van der Waals surface area contributed by atoms with Gasteiger partial charge in [-0.1, -0.05) is 76.3 Å². The largest absolute Gasteiger partial charge is 0.481 e. The number of hydrogen-bond donors (Lipinski definition) is 4. The Bertz CT molecular complexity index is 2510. The molecule has 4 unspecified atom stereocenters. The van der Waals surface area contributed by atoms with Gasteiger partial charge < -0.3 is 15.1 Å². The maximum Gasteiger partial charge on any atom is 0.307 e. The van der Waals surface area contributed by atoms with Gasteiger partial charge in [0.2, 0.25) is 5.69 Å². The Labute approximate surface area is 414 Å². The molecule has 0 saturated carbocycles. The minimum absolute atomic E-state index is 0.0102. The normalized spacial score (nSPS) is 20.6. The summed E-state index contributed by atoms with van der Waals surface area (Å²) in [4.78, 5) is 25.9. The van der Waals surface area contributed by atoms with Crippen LogP contribution in [0.15, 0.2) is 60.4 Å². The first-order valence-electron chi connectivity index (χ1n) is 20.8. The molecule has 0 aliphatic carbocycles. The predicted octanol–water partition coefficient (Wildman–Crippen LogP) is 10.8. The fourth-order valence-corrected chi connectivity index (χ4v) is 13.0. The molecular formula is C44H53F3I3N2O10S2+. The molecule has 2 aliphatic rings. The van der Waals surface area contributed by atoms with Crippen molar-refractivity contribution in [1.29, 1.82) is 0 Å². The van der Waals surface area contributed by atoms with E-state index in [1.807, 2.05) is 13.0 Å². The molecule has 0 amide bonds. The van der Waals surface area contributed by atoms with Gasteiger partial charge in [-0.05, 0) is 119 Å². The number of aliphatic carboxylic acids is 2. The van der Waals surface area contributed by atoms with Crippen LogP contribution in [-0.4, -0.2) is 76.1 Å². The van der Waals surface area contributed by atoms with Crippen LogP contribution in [0.1, 0.15) is 109 Å². The van der Waals surface area contributed by atoms with E-state index in [4.69, 9.17) is 5.11 Å². The zero-order valence-electron chi connectivity index (χ0n) is 35.8. The molecule has 4 N–H and O–H groups in total. The molecule has 2 aromatic rings.